The highest BCUT2D eigenvalue weighted by Gasteiger charge is 2.01. The molecule has 2 aromatic rings. The summed E-state index contributed by atoms with van der Waals surface area (Å²) >= 11 is 5.87. The third kappa shape index (κ3) is 2.49. The van der Waals surface area contributed by atoms with Gasteiger partial charge in [-0.25, -0.2) is 0 Å². The van der Waals surface area contributed by atoms with Crippen molar-refractivity contribution in [1.82, 2.24) is 4.98 Å². The molecule has 0 aliphatic heterocycles. The quantitative estimate of drug-likeness (QED) is 0.886. The van der Waals surface area contributed by atoms with Gasteiger partial charge < -0.3 is 5.73 Å². The summed E-state index contributed by atoms with van der Waals surface area (Å²) in [6.07, 6.45) is 0.903. The van der Waals surface area contributed by atoms with Gasteiger partial charge in [0, 0.05) is 22.5 Å². The van der Waals surface area contributed by atoms with Crippen LogP contribution < -0.4 is 5.73 Å². The van der Waals surface area contributed by atoms with E-state index < -0.39 is 0 Å². The topological polar surface area (TPSA) is 56.0 Å². The normalized spacial score (nSPS) is 10.6. The van der Waals surface area contributed by atoms with Gasteiger partial charge in [0.2, 0.25) is 5.91 Å². The molecule has 82 valence electrons. The van der Waals surface area contributed by atoms with Crippen LogP contribution in [-0.2, 0) is 11.2 Å². The van der Waals surface area contributed by atoms with E-state index in [4.69, 9.17) is 17.3 Å². The number of aryl methyl sites for hydroxylation is 1. The fourth-order valence-electron chi connectivity index (χ4n) is 1.53. The summed E-state index contributed by atoms with van der Waals surface area (Å²) in [6, 6.07) is 9.37. The average Bonchev–Trinajstić information content (AvgIpc) is 2.26. The first-order valence-corrected chi connectivity index (χ1v) is 5.36. The maximum atomic E-state index is 10.7. The van der Waals surface area contributed by atoms with Gasteiger partial charge in [-0.2, -0.15) is 0 Å². The second kappa shape index (κ2) is 4.49. The summed E-state index contributed by atoms with van der Waals surface area (Å²) in [5.74, 6) is -0.307. The zero-order chi connectivity index (χ0) is 11.5. The molecule has 0 saturated carbocycles. The van der Waals surface area contributed by atoms with Gasteiger partial charge in [0.1, 0.15) is 0 Å². The molecular formula is C12H11ClN2O. The molecule has 0 atom stereocenters. The lowest BCUT2D eigenvalue weighted by Gasteiger charge is -2.02. The van der Waals surface area contributed by atoms with E-state index in [0.717, 1.165) is 16.6 Å². The molecule has 2 N–H and O–H groups in total. The molecule has 0 fully saturated rings. The van der Waals surface area contributed by atoms with E-state index in [1.165, 1.54) is 0 Å². The number of pyridine rings is 1. The van der Waals surface area contributed by atoms with Gasteiger partial charge in [-0.15, -0.1) is 0 Å². The largest absolute Gasteiger partial charge is 0.370 e. The number of benzene rings is 1. The number of hydrogen-bond donors (Lipinski definition) is 1. The SMILES string of the molecule is NC(=O)CCc1ccc2cc(Cl)ccc2n1. The molecule has 2 rings (SSSR count). The number of amides is 1. The predicted molar refractivity (Wildman–Crippen MR) is 64.3 cm³/mol. The van der Waals surface area contributed by atoms with E-state index in [1.807, 2.05) is 24.3 Å². The summed E-state index contributed by atoms with van der Waals surface area (Å²) in [4.78, 5) is 15.1. The zero-order valence-corrected chi connectivity index (χ0v) is 9.37. The lowest BCUT2D eigenvalue weighted by molar-refractivity contribution is -0.118. The van der Waals surface area contributed by atoms with Crippen LogP contribution in [0.5, 0.6) is 0 Å². The molecule has 0 radical (unpaired) electrons. The van der Waals surface area contributed by atoms with Gasteiger partial charge in [-0.05, 0) is 30.7 Å². The molecule has 1 aromatic heterocycles. The first-order valence-electron chi connectivity index (χ1n) is 4.98. The maximum absolute atomic E-state index is 10.7. The number of fused-ring (bicyclic) bond motifs is 1. The molecule has 0 spiro atoms. The van der Waals surface area contributed by atoms with E-state index in [1.54, 1.807) is 6.07 Å². The van der Waals surface area contributed by atoms with Crippen LogP contribution in [0.2, 0.25) is 5.02 Å². The summed E-state index contributed by atoms with van der Waals surface area (Å²) < 4.78 is 0. The standard InChI is InChI=1S/C12H11ClN2O/c13-9-2-5-11-8(7-9)1-3-10(15-11)4-6-12(14)16/h1-3,5,7H,4,6H2,(H2,14,16). The van der Waals surface area contributed by atoms with Crippen LogP contribution in [0, 0.1) is 0 Å². The van der Waals surface area contributed by atoms with Crippen molar-refractivity contribution in [2.45, 2.75) is 12.8 Å². The summed E-state index contributed by atoms with van der Waals surface area (Å²) in [6.45, 7) is 0. The van der Waals surface area contributed by atoms with Crippen LogP contribution in [0.1, 0.15) is 12.1 Å². The number of halogens is 1. The summed E-state index contributed by atoms with van der Waals surface area (Å²) in [5, 5.41) is 1.69. The monoisotopic (exact) mass is 234 g/mol. The Labute approximate surface area is 98.2 Å². The minimum Gasteiger partial charge on any atom is -0.370 e. The Bertz CT molecular complexity index is 540. The molecule has 1 amide bonds. The van der Waals surface area contributed by atoms with E-state index in [0.29, 0.717) is 17.9 Å². The van der Waals surface area contributed by atoms with Crippen molar-refractivity contribution < 1.29 is 4.79 Å². The predicted octanol–water partition coefficient (Wildman–Crippen LogP) is 2.31. The molecule has 1 aromatic carbocycles. The number of nitrogens with two attached hydrogens (primary N) is 1. The van der Waals surface area contributed by atoms with Crippen molar-refractivity contribution in [3.8, 4) is 0 Å². The number of aromatic nitrogens is 1. The summed E-state index contributed by atoms with van der Waals surface area (Å²) in [7, 11) is 0. The number of carbonyl (C=O) groups is 1. The lowest BCUT2D eigenvalue weighted by Crippen LogP contribution is -2.11. The van der Waals surface area contributed by atoms with Crippen molar-refractivity contribution in [2.24, 2.45) is 5.73 Å². The van der Waals surface area contributed by atoms with Gasteiger partial charge in [0.25, 0.3) is 0 Å². The highest BCUT2D eigenvalue weighted by atomic mass is 35.5. The molecule has 0 unspecified atom stereocenters. The molecule has 0 aliphatic rings. The Morgan fingerprint density at radius 2 is 2.12 bits per heavy atom. The van der Waals surface area contributed by atoms with Crippen molar-refractivity contribution in [3.63, 3.8) is 0 Å². The molecular weight excluding hydrogens is 224 g/mol. The Balaban J connectivity index is 2.30. The third-order valence-electron chi connectivity index (χ3n) is 2.34. The molecule has 0 aliphatic carbocycles. The van der Waals surface area contributed by atoms with E-state index >= 15 is 0 Å². The smallest absolute Gasteiger partial charge is 0.217 e. The molecule has 0 bridgehead atoms. The van der Waals surface area contributed by atoms with E-state index in [9.17, 15) is 4.79 Å². The van der Waals surface area contributed by atoms with Gasteiger partial charge in [-0.3, -0.25) is 9.78 Å². The van der Waals surface area contributed by atoms with Crippen molar-refractivity contribution >= 4 is 28.4 Å². The van der Waals surface area contributed by atoms with Gasteiger partial charge in [-0.1, -0.05) is 17.7 Å². The number of nitrogens with zero attached hydrogens (tertiary/aromatic N) is 1. The molecule has 4 heteroatoms. The number of rotatable bonds is 3. The number of hydrogen-bond acceptors (Lipinski definition) is 2. The molecule has 1 heterocycles. The zero-order valence-electron chi connectivity index (χ0n) is 8.61. The minimum absolute atomic E-state index is 0.307. The first-order chi connectivity index (χ1) is 7.65. The van der Waals surface area contributed by atoms with Crippen LogP contribution in [0.25, 0.3) is 10.9 Å². The second-order valence-electron chi connectivity index (χ2n) is 3.61. The Morgan fingerprint density at radius 1 is 1.31 bits per heavy atom. The van der Waals surface area contributed by atoms with E-state index in [-0.39, 0.29) is 5.91 Å². The highest BCUT2D eigenvalue weighted by molar-refractivity contribution is 6.31. The number of primary amides is 1. The van der Waals surface area contributed by atoms with Crippen LogP contribution in [0.3, 0.4) is 0 Å². The van der Waals surface area contributed by atoms with Crippen molar-refractivity contribution in [1.29, 1.82) is 0 Å². The van der Waals surface area contributed by atoms with Crippen molar-refractivity contribution in [2.75, 3.05) is 0 Å². The lowest BCUT2D eigenvalue weighted by atomic mass is 10.1. The highest BCUT2D eigenvalue weighted by Crippen LogP contribution is 2.18. The minimum atomic E-state index is -0.307. The molecule has 0 saturated heterocycles. The van der Waals surface area contributed by atoms with Crippen LogP contribution >= 0.6 is 11.6 Å². The van der Waals surface area contributed by atoms with Crippen LogP contribution in [0.15, 0.2) is 30.3 Å². The number of carbonyl (C=O) groups excluding carboxylic acids is 1. The van der Waals surface area contributed by atoms with Crippen molar-refractivity contribution in [3.05, 3.63) is 41.0 Å². The van der Waals surface area contributed by atoms with Crippen LogP contribution in [0.4, 0.5) is 0 Å². The van der Waals surface area contributed by atoms with Crippen LogP contribution in [-0.4, -0.2) is 10.9 Å². The third-order valence-corrected chi connectivity index (χ3v) is 2.57. The fourth-order valence-corrected chi connectivity index (χ4v) is 1.71. The van der Waals surface area contributed by atoms with Gasteiger partial charge >= 0.3 is 0 Å². The summed E-state index contributed by atoms with van der Waals surface area (Å²) in [5.41, 5.74) is 6.84. The van der Waals surface area contributed by atoms with Gasteiger partial charge in [0.05, 0.1) is 5.52 Å². The molecule has 16 heavy (non-hydrogen) atoms. The first kappa shape index (κ1) is 10.9. The van der Waals surface area contributed by atoms with Gasteiger partial charge in [0.15, 0.2) is 0 Å². The second-order valence-corrected chi connectivity index (χ2v) is 4.04. The maximum Gasteiger partial charge on any atom is 0.217 e. The Kier molecular flexibility index (Phi) is 3.06. The Hall–Kier alpha value is -1.61. The average molecular weight is 235 g/mol. The van der Waals surface area contributed by atoms with E-state index in [2.05, 4.69) is 4.98 Å². The Morgan fingerprint density at radius 3 is 2.88 bits per heavy atom. The fraction of sp³-hybridized carbons (Fsp3) is 0.167. The molecule has 3 nitrogen and oxygen atoms in total.